The van der Waals surface area contributed by atoms with Crippen molar-refractivity contribution in [3.05, 3.63) is 71.3 Å². The molecule has 7 heteroatoms. The van der Waals surface area contributed by atoms with Crippen LogP contribution in [-0.2, 0) is 13.0 Å². The van der Waals surface area contributed by atoms with Crippen LogP contribution in [0.4, 0.5) is 4.39 Å². The fraction of sp³-hybridized carbons (Fsp3) is 0.238. The van der Waals surface area contributed by atoms with E-state index >= 15 is 0 Å². The highest BCUT2D eigenvalue weighted by Gasteiger charge is 2.26. The van der Waals surface area contributed by atoms with Gasteiger partial charge in [-0.3, -0.25) is 9.36 Å². The summed E-state index contributed by atoms with van der Waals surface area (Å²) in [6, 6.07) is 12.1. The Morgan fingerprint density at radius 3 is 2.68 bits per heavy atom. The van der Waals surface area contributed by atoms with Crippen molar-refractivity contribution in [3.8, 4) is 11.4 Å². The number of ether oxygens (including phenoxy) is 1. The maximum absolute atomic E-state index is 13.3. The Hall–Kier alpha value is -2.80. The van der Waals surface area contributed by atoms with Gasteiger partial charge < -0.3 is 9.64 Å². The van der Waals surface area contributed by atoms with Crippen molar-refractivity contribution in [2.45, 2.75) is 18.1 Å². The molecule has 0 unspecified atom stereocenters. The molecule has 28 heavy (non-hydrogen) atoms. The van der Waals surface area contributed by atoms with Crippen LogP contribution in [0, 0.1) is 5.82 Å². The maximum atomic E-state index is 13.3. The molecule has 3 aromatic rings. The lowest BCUT2D eigenvalue weighted by Gasteiger charge is -2.29. The summed E-state index contributed by atoms with van der Waals surface area (Å²) in [6.07, 6.45) is 4.30. The lowest BCUT2D eigenvalue weighted by molar-refractivity contribution is 0.0725. The highest BCUT2D eigenvalue weighted by molar-refractivity contribution is 7.98. The Bertz CT molecular complexity index is 1020. The number of hydrogen-bond acceptors (Lipinski definition) is 4. The Morgan fingerprint density at radius 2 is 1.96 bits per heavy atom. The van der Waals surface area contributed by atoms with Crippen LogP contribution in [0.25, 0.3) is 5.69 Å². The molecule has 0 aliphatic carbocycles. The SMILES string of the molecule is COc1ccc2c(c1)CN(C(=O)c1cnc(SC)n1-c1ccc(F)cc1)CC2. The molecule has 0 atom stereocenters. The second-order valence-electron chi connectivity index (χ2n) is 6.55. The number of carbonyl (C=O) groups is 1. The molecule has 1 aromatic heterocycles. The zero-order valence-corrected chi connectivity index (χ0v) is 16.5. The first-order chi connectivity index (χ1) is 13.6. The first-order valence-corrected chi connectivity index (χ1v) is 10.2. The Labute approximate surface area is 167 Å². The number of rotatable bonds is 4. The number of amides is 1. The molecule has 0 saturated heterocycles. The van der Waals surface area contributed by atoms with Gasteiger partial charge in [0, 0.05) is 18.8 Å². The van der Waals surface area contributed by atoms with E-state index < -0.39 is 0 Å². The van der Waals surface area contributed by atoms with Gasteiger partial charge in [0.25, 0.3) is 5.91 Å². The topological polar surface area (TPSA) is 47.4 Å². The van der Waals surface area contributed by atoms with Gasteiger partial charge in [0.05, 0.1) is 13.3 Å². The summed E-state index contributed by atoms with van der Waals surface area (Å²) >= 11 is 1.44. The van der Waals surface area contributed by atoms with Crippen molar-refractivity contribution in [1.29, 1.82) is 0 Å². The van der Waals surface area contributed by atoms with E-state index in [1.807, 2.05) is 23.3 Å². The van der Waals surface area contributed by atoms with Crippen molar-refractivity contribution in [2.75, 3.05) is 19.9 Å². The molecular weight excluding hydrogens is 377 g/mol. The first-order valence-electron chi connectivity index (χ1n) is 8.93. The zero-order chi connectivity index (χ0) is 19.7. The number of methoxy groups -OCH3 is 1. The van der Waals surface area contributed by atoms with Crippen molar-refractivity contribution in [2.24, 2.45) is 0 Å². The summed E-state index contributed by atoms with van der Waals surface area (Å²) < 4.78 is 20.4. The average Bonchev–Trinajstić information content (AvgIpc) is 3.17. The summed E-state index contributed by atoms with van der Waals surface area (Å²) in [5, 5.41) is 0.689. The molecule has 1 aliphatic heterocycles. The minimum atomic E-state index is -0.316. The molecule has 0 N–H and O–H groups in total. The fourth-order valence-electron chi connectivity index (χ4n) is 3.47. The summed E-state index contributed by atoms with van der Waals surface area (Å²) in [6.45, 7) is 1.16. The largest absolute Gasteiger partial charge is 0.497 e. The molecule has 2 heterocycles. The lowest BCUT2D eigenvalue weighted by Crippen LogP contribution is -2.37. The maximum Gasteiger partial charge on any atom is 0.272 e. The number of benzene rings is 2. The van der Waals surface area contributed by atoms with Crippen LogP contribution in [0.3, 0.4) is 0 Å². The monoisotopic (exact) mass is 397 g/mol. The molecular formula is C21H20FN3O2S. The van der Waals surface area contributed by atoms with Crippen LogP contribution in [0.1, 0.15) is 21.6 Å². The molecule has 0 saturated carbocycles. The number of carbonyl (C=O) groups excluding carboxylic acids is 1. The van der Waals surface area contributed by atoms with E-state index in [0.717, 1.165) is 17.7 Å². The van der Waals surface area contributed by atoms with Crippen molar-refractivity contribution < 1.29 is 13.9 Å². The van der Waals surface area contributed by atoms with Gasteiger partial charge >= 0.3 is 0 Å². The molecule has 144 valence electrons. The molecule has 0 bridgehead atoms. The molecule has 1 aliphatic rings. The smallest absolute Gasteiger partial charge is 0.272 e. The molecule has 0 radical (unpaired) electrons. The van der Waals surface area contributed by atoms with Gasteiger partial charge in [0.1, 0.15) is 17.3 Å². The third-order valence-electron chi connectivity index (χ3n) is 4.93. The van der Waals surface area contributed by atoms with Crippen molar-refractivity contribution in [1.82, 2.24) is 14.5 Å². The summed E-state index contributed by atoms with van der Waals surface area (Å²) in [5.41, 5.74) is 3.52. The predicted molar refractivity (Wildman–Crippen MR) is 107 cm³/mol. The first kappa shape index (κ1) is 18.6. The van der Waals surface area contributed by atoms with Crippen molar-refractivity contribution in [3.63, 3.8) is 0 Å². The highest BCUT2D eigenvalue weighted by Crippen LogP contribution is 2.27. The molecule has 0 spiro atoms. The van der Waals surface area contributed by atoms with Gasteiger partial charge in [-0.2, -0.15) is 0 Å². The number of hydrogen-bond donors (Lipinski definition) is 0. The fourth-order valence-corrected chi connectivity index (χ4v) is 4.01. The van der Waals surface area contributed by atoms with E-state index in [9.17, 15) is 9.18 Å². The van der Waals surface area contributed by atoms with E-state index in [0.29, 0.717) is 29.6 Å². The number of thioether (sulfide) groups is 1. The molecule has 1 amide bonds. The number of halogens is 1. The third-order valence-corrected chi connectivity index (χ3v) is 5.58. The van der Waals surface area contributed by atoms with E-state index in [2.05, 4.69) is 11.1 Å². The minimum Gasteiger partial charge on any atom is -0.497 e. The molecule has 2 aromatic carbocycles. The number of imidazole rings is 1. The Kier molecular flexibility index (Phi) is 5.09. The van der Waals surface area contributed by atoms with E-state index in [4.69, 9.17) is 4.74 Å². The van der Waals surface area contributed by atoms with Crippen LogP contribution < -0.4 is 4.74 Å². The predicted octanol–water partition coefficient (Wildman–Crippen LogP) is 3.94. The summed E-state index contributed by atoms with van der Waals surface area (Å²) in [4.78, 5) is 19.5. The van der Waals surface area contributed by atoms with Crippen LogP contribution in [0.2, 0.25) is 0 Å². The Balaban J connectivity index is 1.67. The van der Waals surface area contributed by atoms with E-state index in [1.165, 1.54) is 29.5 Å². The molecule has 5 nitrogen and oxygen atoms in total. The van der Waals surface area contributed by atoms with Crippen LogP contribution >= 0.6 is 11.8 Å². The normalized spacial score (nSPS) is 13.3. The van der Waals surface area contributed by atoms with E-state index in [1.54, 1.807) is 30.0 Å². The lowest BCUT2D eigenvalue weighted by atomic mass is 9.99. The van der Waals surface area contributed by atoms with Gasteiger partial charge in [0.2, 0.25) is 0 Å². The van der Waals surface area contributed by atoms with Crippen LogP contribution in [-0.4, -0.2) is 40.3 Å². The summed E-state index contributed by atoms with van der Waals surface area (Å²) in [7, 11) is 1.64. The minimum absolute atomic E-state index is 0.0920. The average molecular weight is 397 g/mol. The van der Waals surface area contributed by atoms with E-state index in [-0.39, 0.29) is 11.7 Å². The molecule has 0 fully saturated rings. The standard InChI is InChI=1S/C21H20FN3O2S/c1-27-18-8-3-14-9-10-24(13-15(14)11-18)20(26)19-12-23-21(28-2)25(19)17-6-4-16(22)5-7-17/h3-8,11-12H,9-10,13H2,1-2H3. The number of fused-ring (bicyclic) bond motifs is 1. The van der Waals surface area contributed by atoms with Crippen LogP contribution in [0.15, 0.2) is 53.8 Å². The van der Waals surface area contributed by atoms with Crippen LogP contribution in [0.5, 0.6) is 5.75 Å². The van der Waals surface area contributed by atoms with Gasteiger partial charge in [-0.15, -0.1) is 0 Å². The summed E-state index contributed by atoms with van der Waals surface area (Å²) in [5.74, 6) is 0.378. The van der Waals surface area contributed by atoms with Gasteiger partial charge in [-0.25, -0.2) is 9.37 Å². The van der Waals surface area contributed by atoms with Gasteiger partial charge in [-0.05, 0) is 60.2 Å². The van der Waals surface area contributed by atoms with Gasteiger partial charge in [0.15, 0.2) is 5.16 Å². The highest BCUT2D eigenvalue weighted by atomic mass is 32.2. The number of nitrogens with zero attached hydrogens (tertiary/aromatic N) is 3. The number of aromatic nitrogens is 2. The second-order valence-corrected chi connectivity index (χ2v) is 7.33. The quantitative estimate of drug-likeness (QED) is 0.626. The third kappa shape index (κ3) is 3.38. The zero-order valence-electron chi connectivity index (χ0n) is 15.7. The molecule has 4 rings (SSSR count). The van der Waals surface area contributed by atoms with Crippen molar-refractivity contribution >= 4 is 17.7 Å². The van der Waals surface area contributed by atoms with Gasteiger partial charge in [-0.1, -0.05) is 17.8 Å². The second kappa shape index (κ2) is 7.67. The Morgan fingerprint density at radius 1 is 1.18 bits per heavy atom.